The quantitative estimate of drug-likeness (QED) is 0.720. The van der Waals surface area contributed by atoms with E-state index in [1.54, 1.807) is 21.3 Å². The molecule has 0 radical (unpaired) electrons. The monoisotopic (exact) mass is 352 g/mol. The SMILES string of the molecule is COc1cc(OC)c(P(Cl)c2ccccc2C(C)C)c(OC)c1. The van der Waals surface area contributed by atoms with Gasteiger partial charge in [-0.05, 0) is 16.8 Å². The predicted octanol–water partition coefficient (Wildman–Crippen LogP) is 4.42. The van der Waals surface area contributed by atoms with Gasteiger partial charge in [-0.15, -0.1) is 0 Å². The molecule has 0 fully saturated rings. The summed E-state index contributed by atoms with van der Waals surface area (Å²) in [5.41, 5.74) is 1.24. The normalized spacial score (nSPS) is 12.1. The van der Waals surface area contributed by atoms with Gasteiger partial charge in [-0.2, -0.15) is 0 Å². The van der Waals surface area contributed by atoms with Gasteiger partial charge in [-0.25, -0.2) is 0 Å². The lowest BCUT2D eigenvalue weighted by Gasteiger charge is -2.21. The summed E-state index contributed by atoms with van der Waals surface area (Å²) in [5, 5.41) is 2.00. The third-order valence-electron chi connectivity index (χ3n) is 3.66. The molecule has 3 nitrogen and oxygen atoms in total. The van der Waals surface area contributed by atoms with E-state index in [-0.39, 0.29) is 0 Å². The average molecular weight is 353 g/mol. The van der Waals surface area contributed by atoms with Crippen molar-refractivity contribution in [2.24, 2.45) is 0 Å². The van der Waals surface area contributed by atoms with Crippen LogP contribution in [0.3, 0.4) is 0 Å². The van der Waals surface area contributed by atoms with E-state index < -0.39 is 7.27 Å². The molecule has 0 aromatic heterocycles. The zero-order valence-electron chi connectivity index (χ0n) is 14.1. The van der Waals surface area contributed by atoms with Crippen molar-refractivity contribution in [3.05, 3.63) is 42.0 Å². The van der Waals surface area contributed by atoms with Gasteiger partial charge in [0.1, 0.15) is 17.2 Å². The number of rotatable bonds is 6. The Bertz CT molecular complexity index is 648. The second-order valence-electron chi connectivity index (χ2n) is 5.37. The number of hydrogen-bond donors (Lipinski definition) is 0. The van der Waals surface area contributed by atoms with Crippen molar-refractivity contribution in [1.29, 1.82) is 0 Å². The molecule has 0 aliphatic rings. The number of benzene rings is 2. The van der Waals surface area contributed by atoms with Crippen LogP contribution in [-0.4, -0.2) is 21.3 Å². The lowest BCUT2D eigenvalue weighted by atomic mass is 10.0. The maximum absolute atomic E-state index is 6.91. The average Bonchev–Trinajstić information content (AvgIpc) is 2.59. The molecule has 0 amide bonds. The van der Waals surface area contributed by atoms with E-state index in [2.05, 4.69) is 26.0 Å². The van der Waals surface area contributed by atoms with Crippen molar-refractivity contribution in [3.63, 3.8) is 0 Å². The predicted molar refractivity (Wildman–Crippen MR) is 98.7 cm³/mol. The van der Waals surface area contributed by atoms with Crippen LogP contribution in [0.15, 0.2) is 36.4 Å². The van der Waals surface area contributed by atoms with Crippen molar-refractivity contribution in [1.82, 2.24) is 0 Å². The first-order valence-electron chi connectivity index (χ1n) is 7.38. The second kappa shape index (κ2) is 7.90. The molecule has 124 valence electrons. The molecular weight excluding hydrogens is 331 g/mol. The van der Waals surface area contributed by atoms with Crippen molar-refractivity contribution in [2.45, 2.75) is 19.8 Å². The highest BCUT2D eigenvalue weighted by Gasteiger charge is 2.24. The smallest absolute Gasteiger partial charge is 0.135 e. The number of halogens is 1. The topological polar surface area (TPSA) is 27.7 Å². The molecule has 23 heavy (non-hydrogen) atoms. The molecule has 2 rings (SSSR count). The van der Waals surface area contributed by atoms with Gasteiger partial charge < -0.3 is 14.2 Å². The van der Waals surface area contributed by atoms with Crippen LogP contribution in [0.4, 0.5) is 0 Å². The molecule has 0 heterocycles. The molecule has 2 aromatic rings. The lowest BCUT2D eigenvalue weighted by Crippen LogP contribution is -2.17. The molecule has 0 aliphatic heterocycles. The number of ether oxygens (including phenoxy) is 3. The first-order chi connectivity index (χ1) is 11.0. The van der Waals surface area contributed by atoms with Crippen molar-refractivity contribution in [2.75, 3.05) is 21.3 Å². The Morgan fingerprint density at radius 2 is 1.48 bits per heavy atom. The summed E-state index contributed by atoms with van der Waals surface area (Å²) in [6, 6.07) is 11.9. The molecule has 0 N–H and O–H groups in total. The highest BCUT2D eigenvalue weighted by molar-refractivity contribution is 7.96. The summed E-state index contributed by atoms with van der Waals surface area (Å²) in [6.07, 6.45) is 0. The van der Waals surface area contributed by atoms with Crippen LogP contribution in [0, 0.1) is 0 Å². The number of hydrogen-bond acceptors (Lipinski definition) is 3. The van der Waals surface area contributed by atoms with Crippen LogP contribution in [0.1, 0.15) is 25.3 Å². The minimum absolute atomic E-state index is 0.394. The summed E-state index contributed by atoms with van der Waals surface area (Å²) in [4.78, 5) is 0. The Morgan fingerprint density at radius 3 is 1.96 bits per heavy atom. The lowest BCUT2D eigenvalue weighted by molar-refractivity contribution is 0.380. The van der Waals surface area contributed by atoms with Crippen molar-refractivity contribution < 1.29 is 14.2 Å². The first kappa shape index (κ1) is 17.9. The van der Waals surface area contributed by atoms with E-state index in [0.717, 1.165) is 10.6 Å². The molecule has 1 atom stereocenters. The molecular formula is C18H22ClO3P. The highest BCUT2D eigenvalue weighted by atomic mass is 35.7. The van der Waals surface area contributed by atoms with Crippen LogP contribution >= 0.6 is 18.5 Å². The third kappa shape index (κ3) is 3.73. The molecule has 0 bridgehead atoms. The Kier molecular flexibility index (Phi) is 6.15. The summed E-state index contributed by atoms with van der Waals surface area (Å²) in [7, 11) is 3.75. The fourth-order valence-electron chi connectivity index (χ4n) is 2.46. The van der Waals surface area contributed by atoms with Crippen LogP contribution in [0.25, 0.3) is 0 Å². The first-order valence-corrected chi connectivity index (χ1v) is 9.63. The molecule has 0 spiro atoms. The Hall–Kier alpha value is -1.44. The Morgan fingerprint density at radius 1 is 0.913 bits per heavy atom. The largest absolute Gasteiger partial charge is 0.496 e. The van der Waals surface area contributed by atoms with Gasteiger partial charge in [0.05, 0.1) is 33.9 Å². The summed E-state index contributed by atoms with van der Waals surface area (Å²) < 4.78 is 16.4. The van der Waals surface area contributed by atoms with Gasteiger partial charge in [0, 0.05) is 12.1 Å². The van der Waals surface area contributed by atoms with Gasteiger partial charge in [0.2, 0.25) is 0 Å². The van der Waals surface area contributed by atoms with Crippen LogP contribution in [0.2, 0.25) is 0 Å². The molecule has 2 aromatic carbocycles. The van der Waals surface area contributed by atoms with Gasteiger partial charge in [0.25, 0.3) is 0 Å². The van der Waals surface area contributed by atoms with E-state index in [1.165, 1.54) is 5.56 Å². The summed E-state index contributed by atoms with van der Waals surface area (Å²) in [5.74, 6) is 2.44. The molecule has 0 saturated carbocycles. The standard InChI is InChI=1S/C18H22ClO3P/c1-12(2)14-8-6-7-9-17(14)23(19)18-15(21-4)10-13(20-3)11-16(18)22-5/h6-12H,1-5H3. The Balaban J connectivity index is 2.61. The maximum Gasteiger partial charge on any atom is 0.135 e. The Labute approximate surface area is 144 Å². The molecule has 5 heteroatoms. The summed E-state index contributed by atoms with van der Waals surface area (Å²) in [6.45, 7) is 4.34. The third-order valence-corrected chi connectivity index (χ3v) is 6.37. The van der Waals surface area contributed by atoms with Crippen LogP contribution in [0.5, 0.6) is 17.2 Å². The fourth-order valence-corrected chi connectivity index (χ4v) is 5.13. The van der Waals surface area contributed by atoms with E-state index in [0.29, 0.717) is 23.2 Å². The van der Waals surface area contributed by atoms with E-state index in [1.807, 2.05) is 24.3 Å². The molecule has 1 unspecified atom stereocenters. The second-order valence-corrected chi connectivity index (χ2v) is 7.88. The zero-order valence-corrected chi connectivity index (χ0v) is 15.7. The maximum atomic E-state index is 6.91. The van der Waals surface area contributed by atoms with Crippen LogP contribution < -0.4 is 24.8 Å². The van der Waals surface area contributed by atoms with Crippen molar-refractivity contribution >= 4 is 29.1 Å². The van der Waals surface area contributed by atoms with Gasteiger partial charge in [-0.3, -0.25) is 0 Å². The van der Waals surface area contributed by atoms with Gasteiger partial charge in [-0.1, -0.05) is 49.4 Å². The van der Waals surface area contributed by atoms with Gasteiger partial charge >= 0.3 is 0 Å². The molecule has 0 aliphatic carbocycles. The minimum Gasteiger partial charge on any atom is -0.496 e. The fraction of sp³-hybridized carbons (Fsp3) is 0.333. The van der Waals surface area contributed by atoms with Crippen LogP contribution in [-0.2, 0) is 0 Å². The van der Waals surface area contributed by atoms with Crippen molar-refractivity contribution in [3.8, 4) is 17.2 Å². The summed E-state index contributed by atoms with van der Waals surface area (Å²) >= 11 is 6.91. The van der Waals surface area contributed by atoms with E-state index in [4.69, 9.17) is 25.5 Å². The highest BCUT2D eigenvalue weighted by Crippen LogP contribution is 2.47. The minimum atomic E-state index is -1.13. The zero-order chi connectivity index (χ0) is 17.0. The van der Waals surface area contributed by atoms with E-state index >= 15 is 0 Å². The number of methoxy groups -OCH3 is 3. The van der Waals surface area contributed by atoms with E-state index in [9.17, 15) is 0 Å². The molecule has 0 saturated heterocycles. The van der Waals surface area contributed by atoms with Gasteiger partial charge in [0.15, 0.2) is 0 Å².